The van der Waals surface area contributed by atoms with E-state index in [1.54, 1.807) is 37.4 Å². The summed E-state index contributed by atoms with van der Waals surface area (Å²) in [6.07, 6.45) is 1.78. The molecular formula is C16H15N5O2. The Morgan fingerprint density at radius 2 is 1.96 bits per heavy atom. The Hall–Kier alpha value is -3.22. The van der Waals surface area contributed by atoms with Crippen LogP contribution in [0.15, 0.2) is 52.5 Å². The molecule has 7 heteroatoms. The minimum Gasteiger partial charge on any atom is -0.360 e. The first kappa shape index (κ1) is 14.7. The monoisotopic (exact) mass is 309 g/mol. The fraction of sp³-hybridized carbons (Fsp3) is 0.125. The fourth-order valence-electron chi connectivity index (χ4n) is 2.27. The number of H-pyrrole nitrogens is 1. The van der Waals surface area contributed by atoms with Crippen molar-refractivity contribution >= 4 is 22.4 Å². The van der Waals surface area contributed by atoms with Crippen LogP contribution >= 0.6 is 0 Å². The van der Waals surface area contributed by atoms with Gasteiger partial charge in [-0.3, -0.25) is 9.59 Å². The summed E-state index contributed by atoms with van der Waals surface area (Å²) in [6, 6.07) is 10.6. The maximum absolute atomic E-state index is 12.4. The summed E-state index contributed by atoms with van der Waals surface area (Å²) in [5, 5.41) is 9.06. The summed E-state index contributed by atoms with van der Waals surface area (Å²) in [5.74, 6) is -0.470. The van der Waals surface area contributed by atoms with Crippen LogP contribution in [0.25, 0.3) is 10.8 Å². The second-order valence-electron chi connectivity index (χ2n) is 5.04. The lowest BCUT2D eigenvalue weighted by Crippen LogP contribution is -2.27. The van der Waals surface area contributed by atoms with Gasteiger partial charge in [0.05, 0.1) is 16.8 Å². The molecule has 0 aliphatic carbocycles. The van der Waals surface area contributed by atoms with Gasteiger partial charge in [-0.15, -0.1) is 0 Å². The molecule has 116 valence electrons. The van der Waals surface area contributed by atoms with Gasteiger partial charge in [0.25, 0.3) is 11.5 Å². The standard InChI is InChI=1S/C16H15N5O2/c1-10(13-8-5-9-17-13)18-19-15(22)14-11-6-3-4-7-12(11)16(23)21(2)20-14/h3-9,17H,1-2H3,(H,19,22)/b18-10+. The van der Waals surface area contributed by atoms with E-state index in [0.717, 1.165) is 10.4 Å². The molecule has 7 nitrogen and oxygen atoms in total. The van der Waals surface area contributed by atoms with Crippen molar-refractivity contribution in [1.29, 1.82) is 0 Å². The molecule has 0 spiro atoms. The summed E-state index contributed by atoms with van der Waals surface area (Å²) >= 11 is 0. The number of nitrogens with one attached hydrogen (secondary N) is 2. The van der Waals surface area contributed by atoms with E-state index < -0.39 is 5.91 Å². The van der Waals surface area contributed by atoms with Crippen molar-refractivity contribution in [2.24, 2.45) is 12.1 Å². The third kappa shape index (κ3) is 2.76. The van der Waals surface area contributed by atoms with Gasteiger partial charge in [-0.05, 0) is 25.1 Å². The summed E-state index contributed by atoms with van der Waals surface area (Å²) in [7, 11) is 1.51. The minimum absolute atomic E-state index is 0.158. The normalized spacial score (nSPS) is 11.7. The highest BCUT2D eigenvalue weighted by molar-refractivity contribution is 6.05. The number of nitrogens with zero attached hydrogens (tertiary/aromatic N) is 3. The number of carbonyl (C=O) groups is 1. The van der Waals surface area contributed by atoms with E-state index in [-0.39, 0.29) is 11.3 Å². The molecule has 2 aromatic heterocycles. The Kier molecular flexibility index (Phi) is 3.76. The van der Waals surface area contributed by atoms with E-state index in [2.05, 4.69) is 20.6 Å². The quantitative estimate of drug-likeness (QED) is 0.566. The Balaban J connectivity index is 1.97. The van der Waals surface area contributed by atoms with E-state index in [9.17, 15) is 9.59 Å². The minimum atomic E-state index is -0.470. The van der Waals surface area contributed by atoms with Crippen molar-refractivity contribution in [2.75, 3.05) is 0 Å². The predicted octanol–water partition coefficient (Wildman–Crippen LogP) is 1.42. The first-order chi connectivity index (χ1) is 11.1. The smallest absolute Gasteiger partial charge is 0.292 e. The molecule has 0 saturated heterocycles. The second-order valence-corrected chi connectivity index (χ2v) is 5.04. The van der Waals surface area contributed by atoms with Crippen LogP contribution in [0.2, 0.25) is 0 Å². The molecule has 1 aromatic carbocycles. The number of hydrogen-bond acceptors (Lipinski definition) is 4. The summed E-state index contributed by atoms with van der Waals surface area (Å²) in [4.78, 5) is 27.5. The maximum atomic E-state index is 12.4. The Labute approximate surface area is 131 Å². The molecule has 0 aliphatic heterocycles. The number of fused-ring (bicyclic) bond motifs is 1. The molecule has 3 rings (SSSR count). The van der Waals surface area contributed by atoms with Gasteiger partial charge in [-0.1, -0.05) is 18.2 Å². The molecule has 1 amide bonds. The number of aromatic nitrogens is 3. The van der Waals surface area contributed by atoms with E-state index in [1.165, 1.54) is 7.05 Å². The van der Waals surface area contributed by atoms with Crippen LogP contribution in [0, 0.1) is 0 Å². The lowest BCUT2D eigenvalue weighted by Gasteiger charge is -2.07. The third-order valence-corrected chi connectivity index (χ3v) is 3.48. The zero-order valence-corrected chi connectivity index (χ0v) is 12.7. The van der Waals surface area contributed by atoms with Crippen LogP contribution in [0.4, 0.5) is 0 Å². The van der Waals surface area contributed by atoms with Crippen LogP contribution in [-0.4, -0.2) is 26.4 Å². The molecule has 0 atom stereocenters. The Bertz CT molecular complexity index is 954. The fourth-order valence-corrected chi connectivity index (χ4v) is 2.27. The molecule has 0 unspecified atom stereocenters. The van der Waals surface area contributed by atoms with Crippen molar-refractivity contribution in [3.05, 3.63) is 64.3 Å². The molecule has 0 aliphatic rings. The molecule has 2 N–H and O–H groups in total. The molecule has 2 heterocycles. The van der Waals surface area contributed by atoms with Gasteiger partial charge in [0.15, 0.2) is 5.69 Å². The highest BCUT2D eigenvalue weighted by Gasteiger charge is 2.15. The predicted molar refractivity (Wildman–Crippen MR) is 87.5 cm³/mol. The first-order valence-corrected chi connectivity index (χ1v) is 7.02. The summed E-state index contributed by atoms with van der Waals surface area (Å²) in [6.45, 7) is 1.78. The largest absolute Gasteiger partial charge is 0.360 e. The first-order valence-electron chi connectivity index (χ1n) is 7.02. The van der Waals surface area contributed by atoms with Crippen LogP contribution in [0.3, 0.4) is 0 Å². The summed E-state index contributed by atoms with van der Waals surface area (Å²) in [5.41, 5.74) is 3.83. The van der Waals surface area contributed by atoms with Crippen LogP contribution in [0.5, 0.6) is 0 Å². The molecule has 0 fully saturated rings. The molecule has 0 saturated carbocycles. The molecule has 0 radical (unpaired) electrons. The molecule has 3 aromatic rings. The van der Waals surface area contributed by atoms with Gasteiger partial charge in [-0.2, -0.15) is 10.2 Å². The highest BCUT2D eigenvalue weighted by atomic mass is 16.2. The SMILES string of the molecule is C/C(=N\NC(=O)c1nn(C)c(=O)c2ccccc12)c1ccc[nH]1. The van der Waals surface area contributed by atoms with E-state index in [1.807, 2.05) is 12.1 Å². The summed E-state index contributed by atoms with van der Waals surface area (Å²) < 4.78 is 1.15. The van der Waals surface area contributed by atoms with Crippen LogP contribution in [0.1, 0.15) is 23.1 Å². The number of aromatic amines is 1. The molecule has 23 heavy (non-hydrogen) atoms. The maximum Gasteiger partial charge on any atom is 0.292 e. The van der Waals surface area contributed by atoms with Crippen molar-refractivity contribution < 1.29 is 4.79 Å². The van der Waals surface area contributed by atoms with Crippen molar-refractivity contribution in [3.63, 3.8) is 0 Å². The number of carbonyl (C=O) groups excluding carboxylic acids is 1. The van der Waals surface area contributed by atoms with Gasteiger partial charge < -0.3 is 4.98 Å². The average molecular weight is 309 g/mol. The topological polar surface area (TPSA) is 92.1 Å². The number of rotatable bonds is 3. The van der Waals surface area contributed by atoms with Gasteiger partial charge >= 0.3 is 0 Å². The lowest BCUT2D eigenvalue weighted by molar-refractivity contribution is 0.0949. The molecular weight excluding hydrogens is 294 g/mol. The number of benzene rings is 1. The van der Waals surface area contributed by atoms with Gasteiger partial charge in [-0.25, -0.2) is 10.1 Å². The number of aryl methyl sites for hydroxylation is 1. The van der Waals surface area contributed by atoms with Gasteiger partial charge in [0, 0.05) is 18.6 Å². The van der Waals surface area contributed by atoms with Crippen molar-refractivity contribution in [2.45, 2.75) is 6.92 Å². The average Bonchev–Trinajstić information content (AvgIpc) is 3.10. The second kappa shape index (κ2) is 5.88. The van der Waals surface area contributed by atoms with E-state index >= 15 is 0 Å². The van der Waals surface area contributed by atoms with E-state index in [4.69, 9.17) is 0 Å². The number of hydrogen-bond donors (Lipinski definition) is 2. The third-order valence-electron chi connectivity index (χ3n) is 3.48. The zero-order chi connectivity index (χ0) is 16.4. The Morgan fingerprint density at radius 3 is 2.65 bits per heavy atom. The van der Waals surface area contributed by atoms with Crippen LogP contribution in [-0.2, 0) is 7.05 Å². The van der Waals surface area contributed by atoms with Crippen molar-refractivity contribution in [1.82, 2.24) is 20.2 Å². The van der Waals surface area contributed by atoms with Gasteiger partial charge in [0.1, 0.15) is 0 Å². The van der Waals surface area contributed by atoms with Gasteiger partial charge in [0.2, 0.25) is 0 Å². The molecule has 0 bridgehead atoms. The van der Waals surface area contributed by atoms with E-state index in [0.29, 0.717) is 16.5 Å². The Morgan fingerprint density at radius 1 is 1.22 bits per heavy atom. The number of hydrazone groups is 1. The zero-order valence-electron chi connectivity index (χ0n) is 12.7. The number of amides is 1. The highest BCUT2D eigenvalue weighted by Crippen LogP contribution is 2.12. The van der Waals surface area contributed by atoms with Crippen molar-refractivity contribution in [3.8, 4) is 0 Å². The van der Waals surface area contributed by atoms with Crippen LogP contribution < -0.4 is 11.0 Å². The lowest BCUT2D eigenvalue weighted by atomic mass is 10.1.